The van der Waals surface area contributed by atoms with Gasteiger partial charge in [-0.3, -0.25) is 14.9 Å². The van der Waals surface area contributed by atoms with Gasteiger partial charge in [-0.15, -0.1) is 0 Å². The van der Waals surface area contributed by atoms with Crippen LogP contribution in [0, 0.1) is 10.1 Å². The molecule has 8 nitrogen and oxygen atoms in total. The lowest BCUT2D eigenvalue weighted by molar-refractivity contribution is -0.385. The molecule has 1 atom stereocenters. The van der Waals surface area contributed by atoms with E-state index in [0.717, 1.165) is 0 Å². The second-order valence-electron chi connectivity index (χ2n) is 3.76. The molecule has 0 bridgehead atoms. The van der Waals surface area contributed by atoms with Crippen LogP contribution in [0.25, 0.3) is 0 Å². The molecule has 0 aliphatic carbocycles. The Balaban J connectivity index is 2.80. The standard InChI is InChI=1S/C12H16N2O6/c1-3-19-12(15)9(13)7-20-11-6-8(18-2)4-5-10(11)14(16)17/h4-6,9H,3,7,13H2,1-2H3. The van der Waals surface area contributed by atoms with Crippen LogP contribution in [0.2, 0.25) is 0 Å². The van der Waals surface area contributed by atoms with E-state index in [1.165, 1.54) is 25.3 Å². The van der Waals surface area contributed by atoms with Crippen molar-refractivity contribution in [3.05, 3.63) is 28.3 Å². The Morgan fingerprint density at radius 2 is 2.20 bits per heavy atom. The maximum Gasteiger partial charge on any atom is 0.326 e. The quantitative estimate of drug-likeness (QED) is 0.449. The topological polar surface area (TPSA) is 114 Å². The number of carbonyl (C=O) groups excluding carboxylic acids is 1. The highest BCUT2D eigenvalue weighted by Crippen LogP contribution is 2.31. The van der Waals surface area contributed by atoms with Crippen LogP contribution in [-0.4, -0.2) is 37.3 Å². The Kier molecular flexibility index (Phi) is 5.73. The summed E-state index contributed by atoms with van der Waals surface area (Å²) in [4.78, 5) is 21.6. The lowest BCUT2D eigenvalue weighted by atomic mass is 10.2. The number of hydrogen-bond donors (Lipinski definition) is 1. The fourth-order valence-corrected chi connectivity index (χ4v) is 1.38. The predicted molar refractivity (Wildman–Crippen MR) is 69.8 cm³/mol. The fraction of sp³-hybridized carbons (Fsp3) is 0.417. The van der Waals surface area contributed by atoms with Gasteiger partial charge in [0.2, 0.25) is 5.75 Å². The highest BCUT2D eigenvalue weighted by molar-refractivity contribution is 5.75. The van der Waals surface area contributed by atoms with Crippen LogP contribution in [0.1, 0.15) is 6.92 Å². The summed E-state index contributed by atoms with van der Waals surface area (Å²) in [7, 11) is 1.43. The lowest BCUT2D eigenvalue weighted by Crippen LogP contribution is -2.37. The normalized spacial score (nSPS) is 11.6. The number of nitro benzene ring substituents is 1. The number of ether oxygens (including phenoxy) is 3. The average Bonchev–Trinajstić information content (AvgIpc) is 2.44. The SMILES string of the molecule is CCOC(=O)C(N)COc1cc(OC)ccc1[N+](=O)[O-]. The molecule has 110 valence electrons. The van der Waals surface area contributed by atoms with Crippen molar-refractivity contribution in [2.75, 3.05) is 20.3 Å². The van der Waals surface area contributed by atoms with E-state index >= 15 is 0 Å². The van der Waals surface area contributed by atoms with Crippen molar-refractivity contribution in [2.45, 2.75) is 13.0 Å². The van der Waals surface area contributed by atoms with Crippen molar-refractivity contribution in [3.63, 3.8) is 0 Å². The number of nitrogens with zero attached hydrogens (tertiary/aromatic N) is 1. The van der Waals surface area contributed by atoms with Gasteiger partial charge in [0.1, 0.15) is 18.4 Å². The summed E-state index contributed by atoms with van der Waals surface area (Å²) in [6.45, 7) is 1.62. The number of carbonyl (C=O) groups is 1. The number of hydrogen-bond acceptors (Lipinski definition) is 7. The summed E-state index contributed by atoms with van der Waals surface area (Å²) < 4.78 is 14.9. The van der Waals surface area contributed by atoms with E-state index in [0.29, 0.717) is 5.75 Å². The molecule has 0 radical (unpaired) electrons. The molecular weight excluding hydrogens is 268 g/mol. The summed E-state index contributed by atoms with van der Waals surface area (Å²) in [5.41, 5.74) is 5.31. The first-order valence-electron chi connectivity index (χ1n) is 5.87. The summed E-state index contributed by atoms with van der Waals surface area (Å²) in [5.74, 6) is -0.248. The van der Waals surface area contributed by atoms with Crippen LogP contribution >= 0.6 is 0 Å². The molecule has 1 unspecified atom stereocenters. The zero-order chi connectivity index (χ0) is 15.1. The van der Waals surface area contributed by atoms with Crippen LogP contribution in [-0.2, 0) is 9.53 Å². The minimum absolute atomic E-state index is 0.0194. The Morgan fingerprint density at radius 3 is 2.75 bits per heavy atom. The van der Waals surface area contributed by atoms with E-state index in [-0.39, 0.29) is 24.7 Å². The zero-order valence-corrected chi connectivity index (χ0v) is 11.2. The minimum Gasteiger partial charge on any atom is -0.497 e. The zero-order valence-electron chi connectivity index (χ0n) is 11.2. The van der Waals surface area contributed by atoms with Gasteiger partial charge in [-0.1, -0.05) is 0 Å². The molecule has 0 spiro atoms. The van der Waals surface area contributed by atoms with Crippen molar-refractivity contribution in [2.24, 2.45) is 5.73 Å². The van der Waals surface area contributed by atoms with Crippen molar-refractivity contribution >= 4 is 11.7 Å². The largest absolute Gasteiger partial charge is 0.497 e. The molecule has 0 saturated carbocycles. The third kappa shape index (κ3) is 4.09. The molecule has 0 aliphatic heterocycles. The number of nitro groups is 1. The number of methoxy groups -OCH3 is 1. The first-order valence-corrected chi connectivity index (χ1v) is 5.87. The van der Waals surface area contributed by atoms with Gasteiger partial charge in [0, 0.05) is 12.1 Å². The Hall–Kier alpha value is -2.35. The molecule has 2 N–H and O–H groups in total. The molecule has 0 saturated heterocycles. The second-order valence-corrected chi connectivity index (χ2v) is 3.76. The highest BCUT2D eigenvalue weighted by atomic mass is 16.6. The van der Waals surface area contributed by atoms with Crippen LogP contribution in [0.3, 0.4) is 0 Å². The monoisotopic (exact) mass is 284 g/mol. The third-order valence-corrected chi connectivity index (χ3v) is 2.37. The van der Waals surface area contributed by atoms with Gasteiger partial charge < -0.3 is 19.9 Å². The van der Waals surface area contributed by atoms with Crippen molar-refractivity contribution in [1.82, 2.24) is 0 Å². The van der Waals surface area contributed by atoms with E-state index in [2.05, 4.69) is 0 Å². The number of esters is 1. The minimum atomic E-state index is -1.01. The van der Waals surface area contributed by atoms with Gasteiger partial charge in [0.25, 0.3) is 0 Å². The molecular formula is C12H16N2O6. The molecule has 1 aromatic carbocycles. The van der Waals surface area contributed by atoms with E-state index in [1.54, 1.807) is 6.92 Å². The van der Waals surface area contributed by atoms with Crippen LogP contribution < -0.4 is 15.2 Å². The van der Waals surface area contributed by atoms with Crippen molar-refractivity contribution in [3.8, 4) is 11.5 Å². The summed E-state index contributed by atoms with van der Waals surface area (Å²) in [6, 6.07) is 3.04. The van der Waals surface area contributed by atoms with Gasteiger partial charge in [-0.2, -0.15) is 0 Å². The number of benzene rings is 1. The molecule has 1 aromatic rings. The van der Waals surface area contributed by atoms with Gasteiger partial charge in [0.15, 0.2) is 0 Å². The molecule has 0 aliphatic rings. The molecule has 0 heterocycles. The molecule has 0 fully saturated rings. The van der Waals surface area contributed by atoms with Crippen LogP contribution in [0.4, 0.5) is 5.69 Å². The van der Waals surface area contributed by atoms with Crippen LogP contribution in [0.15, 0.2) is 18.2 Å². The number of nitrogens with two attached hydrogens (primary N) is 1. The van der Waals surface area contributed by atoms with Crippen molar-refractivity contribution in [1.29, 1.82) is 0 Å². The Labute approximate surface area is 115 Å². The highest BCUT2D eigenvalue weighted by Gasteiger charge is 2.20. The molecule has 0 amide bonds. The van der Waals surface area contributed by atoms with Crippen molar-refractivity contribution < 1.29 is 23.9 Å². The van der Waals surface area contributed by atoms with Gasteiger partial charge in [-0.25, -0.2) is 0 Å². The number of rotatable bonds is 7. The maximum atomic E-state index is 11.3. The fourth-order valence-electron chi connectivity index (χ4n) is 1.38. The maximum absolute atomic E-state index is 11.3. The smallest absolute Gasteiger partial charge is 0.326 e. The summed E-state index contributed by atoms with van der Waals surface area (Å²) in [6.07, 6.45) is 0. The first kappa shape index (κ1) is 15.7. The molecule has 8 heteroatoms. The summed E-state index contributed by atoms with van der Waals surface area (Å²) >= 11 is 0. The predicted octanol–water partition coefficient (Wildman–Crippen LogP) is 0.873. The van der Waals surface area contributed by atoms with Gasteiger partial charge in [-0.05, 0) is 13.0 Å². The average molecular weight is 284 g/mol. The van der Waals surface area contributed by atoms with E-state index in [9.17, 15) is 14.9 Å². The van der Waals surface area contributed by atoms with Gasteiger partial charge >= 0.3 is 11.7 Å². The lowest BCUT2D eigenvalue weighted by Gasteiger charge is -2.12. The van der Waals surface area contributed by atoms with Gasteiger partial charge in [0.05, 0.1) is 18.6 Å². The Bertz CT molecular complexity index is 491. The van der Waals surface area contributed by atoms with E-state index in [4.69, 9.17) is 19.9 Å². The third-order valence-electron chi connectivity index (χ3n) is 2.37. The molecule has 1 rings (SSSR count). The second kappa shape index (κ2) is 7.29. The molecule has 20 heavy (non-hydrogen) atoms. The molecule has 0 aromatic heterocycles. The van der Waals surface area contributed by atoms with E-state index in [1.807, 2.05) is 0 Å². The first-order chi connectivity index (χ1) is 9.49. The Morgan fingerprint density at radius 1 is 1.50 bits per heavy atom. The summed E-state index contributed by atoms with van der Waals surface area (Å²) in [5, 5.41) is 10.9. The van der Waals surface area contributed by atoms with E-state index < -0.39 is 16.9 Å². The van der Waals surface area contributed by atoms with Crippen LogP contribution in [0.5, 0.6) is 11.5 Å².